The Hall–Kier alpha value is -2.08. The van der Waals surface area contributed by atoms with E-state index in [9.17, 15) is 14.7 Å². The highest BCUT2D eigenvalue weighted by Crippen LogP contribution is 2.25. The van der Waals surface area contributed by atoms with E-state index in [1.54, 1.807) is 12.1 Å². The van der Waals surface area contributed by atoms with Gasteiger partial charge in [-0.05, 0) is 35.9 Å². The van der Waals surface area contributed by atoms with E-state index >= 15 is 0 Å². The second-order valence-corrected chi connectivity index (χ2v) is 5.38. The molecule has 2 aromatic carbocycles. The molecule has 22 heavy (non-hydrogen) atoms. The van der Waals surface area contributed by atoms with Crippen molar-refractivity contribution in [3.05, 3.63) is 63.6 Å². The smallest absolute Gasteiger partial charge is 0.257 e. The van der Waals surface area contributed by atoms with Crippen LogP contribution in [-0.2, 0) is 4.79 Å². The van der Waals surface area contributed by atoms with E-state index in [1.807, 2.05) is 0 Å². The molecule has 5 nitrogen and oxygen atoms in total. The molecule has 0 aliphatic rings. The van der Waals surface area contributed by atoms with Crippen LogP contribution >= 0.6 is 23.2 Å². The zero-order chi connectivity index (χ0) is 16.3. The van der Waals surface area contributed by atoms with Crippen LogP contribution in [0.1, 0.15) is 22.0 Å². The number of primary amides is 1. The summed E-state index contributed by atoms with van der Waals surface area (Å²) >= 11 is 11.7. The molecular formula is C15H12Cl2N2O3. The summed E-state index contributed by atoms with van der Waals surface area (Å²) in [7, 11) is 0. The Bertz CT molecular complexity index is 714. The fourth-order valence-corrected chi connectivity index (χ4v) is 2.44. The molecule has 2 amide bonds. The van der Waals surface area contributed by atoms with Gasteiger partial charge in [-0.2, -0.15) is 0 Å². The van der Waals surface area contributed by atoms with Crippen LogP contribution < -0.4 is 11.1 Å². The van der Waals surface area contributed by atoms with Crippen LogP contribution in [0.5, 0.6) is 0 Å². The molecule has 0 heterocycles. The van der Waals surface area contributed by atoms with Crippen molar-refractivity contribution in [1.29, 1.82) is 0 Å². The number of carbonyl (C=O) groups is 2. The number of anilines is 1. The SMILES string of the molecule is NC(=O)c1ccccc1NC(=O)C(O)c1cc(Cl)cc(Cl)c1. The van der Waals surface area contributed by atoms with Gasteiger partial charge in [-0.25, -0.2) is 0 Å². The summed E-state index contributed by atoms with van der Waals surface area (Å²) in [6.45, 7) is 0. The number of benzene rings is 2. The molecule has 7 heteroatoms. The Morgan fingerprint density at radius 3 is 2.27 bits per heavy atom. The fourth-order valence-electron chi connectivity index (χ4n) is 1.89. The van der Waals surface area contributed by atoms with E-state index < -0.39 is 17.9 Å². The average molecular weight is 339 g/mol. The van der Waals surface area contributed by atoms with Crippen LogP contribution in [0.2, 0.25) is 10.0 Å². The molecule has 0 saturated heterocycles. The zero-order valence-electron chi connectivity index (χ0n) is 11.2. The van der Waals surface area contributed by atoms with E-state index in [4.69, 9.17) is 28.9 Å². The normalized spacial score (nSPS) is 11.8. The maximum absolute atomic E-state index is 12.1. The predicted octanol–water partition coefficient (Wildman–Crippen LogP) is 2.76. The minimum atomic E-state index is -1.49. The maximum atomic E-state index is 12.1. The Morgan fingerprint density at radius 2 is 1.68 bits per heavy atom. The molecule has 0 aromatic heterocycles. The summed E-state index contributed by atoms with van der Waals surface area (Å²) in [5.74, 6) is -1.41. The number of nitrogens with one attached hydrogen (secondary N) is 1. The van der Waals surface area contributed by atoms with Crippen LogP contribution in [0.4, 0.5) is 5.69 Å². The van der Waals surface area contributed by atoms with E-state index in [1.165, 1.54) is 30.3 Å². The van der Waals surface area contributed by atoms with Crippen LogP contribution in [-0.4, -0.2) is 16.9 Å². The monoisotopic (exact) mass is 338 g/mol. The first-order chi connectivity index (χ1) is 10.4. The molecule has 4 N–H and O–H groups in total. The van der Waals surface area contributed by atoms with Gasteiger partial charge in [-0.1, -0.05) is 35.3 Å². The number of hydrogen-bond donors (Lipinski definition) is 3. The maximum Gasteiger partial charge on any atom is 0.257 e. The lowest BCUT2D eigenvalue weighted by molar-refractivity contribution is -0.124. The predicted molar refractivity (Wildman–Crippen MR) is 85.0 cm³/mol. The number of para-hydroxylation sites is 1. The molecule has 1 unspecified atom stereocenters. The molecule has 2 rings (SSSR count). The summed E-state index contributed by atoms with van der Waals surface area (Å²) in [4.78, 5) is 23.4. The van der Waals surface area contributed by atoms with Crippen LogP contribution in [0, 0.1) is 0 Å². The quantitative estimate of drug-likeness (QED) is 0.800. The van der Waals surface area contributed by atoms with Crippen LogP contribution in [0.15, 0.2) is 42.5 Å². The number of aliphatic hydroxyl groups excluding tert-OH is 1. The van der Waals surface area contributed by atoms with Crippen LogP contribution in [0.25, 0.3) is 0 Å². The average Bonchev–Trinajstić information content (AvgIpc) is 2.45. The van der Waals surface area contributed by atoms with Crippen molar-refractivity contribution >= 4 is 40.7 Å². The number of aliphatic hydroxyl groups is 1. The Kier molecular flexibility index (Phi) is 5.03. The lowest BCUT2D eigenvalue weighted by Gasteiger charge is -2.14. The Morgan fingerprint density at radius 1 is 1.09 bits per heavy atom. The Balaban J connectivity index is 2.24. The minimum absolute atomic E-state index is 0.146. The third-order valence-electron chi connectivity index (χ3n) is 2.90. The van der Waals surface area contributed by atoms with Gasteiger partial charge in [0.1, 0.15) is 0 Å². The number of carbonyl (C=O) groups excluding carboxylic acids is 2. The standard InChI is InChI=1S/C15H12Cl2N2O3/c16-9-5-8(6-10(17)7-9)13(20)15(22)19-12-4-2-1-3-11(12)14(18)21/h1-7,13,20H,(H2,18,21)(H,19,22). The fraction of sp³-hybridized carbons (Fsp3) is 0.0667. The molecule has 0 fully saturated rings. The highest BCUT2D eigenvalue weighted by molar-refractivity contribution is 6.34. The molecule has 0 saturated carbocycles. The summed E-state index contributed by atoms with van der Waals surface area (Å²) in [6.07, 6.45) is -1.49. The molecule has 0 aliphatic heterocycles. The highest BCUT2D eigenvalue weighted by Gasteiger charge is 2.20. The second-order valence-electron chi connectivity index (χ2n) is 4.50. The summed E-state index contributed by atoms with van der Waals surface area (Å²) in [5, 5.41) is 13.1. The molecule has 0 aliphatic carbocycles. The van der Waals surface area contributed by atoms with Crippen molar-refractivity contribution < 1.29 is 14.7 Å². The van der Waals surface area contributed by atoms with Gasteiger partial charge in [0.15, 0.2) is 6.10 Å². The number of nitrogens with two attached hydrogens (primary N) is 1. The third kappa shape index (κ3) is 3.76. The van der Waals surface area contributed by atoms with Gasteiger partial charge >= 0.3 is 0 Å². The molecule has 1 atom stereocenters. The van der Waals surface area contributed by atoms with E-state index in [0.717, 1.165) is 0 Å². The van der Waals surface area contributed by atoms with Crippen molar-refractivity contribution in [3.8, 4) is 0 Å². The lowest BCUT2D eigenvalue weighted by Crippen LogP contribution is -2.23. The van der Waals surface area contributed by atoms with Crippen LogP contribution in [0.3, 0.4) is 0 Å². The van der Waals surface area contributed by atoms with Gasteiger partial charge in [-0.3, -0.25) is 9.59 Å². The first-order valence-electron chi connectivity index (χ1n) is 6.22. The lowest BCUT2D eigenvalue weighted by atomic mass is 10.1. The van der Waals surface area contributed by atoms with Crippen molar-refractivity contribution in [1.82, 2.24) is 0 Å². The van der Waals surface area contributed by atoms with E-state index in [2.05, 4.69) is 5.32 Å². The minimum Gasteiger partial charge on any atom is -0.378 e. The third-order valence-corrected chi connectivity index (χ3v) is 3.34. The van der Waals surface area contributed by atoms with Crippen molar-refractivity contribution in [3.63, 3.8) is 0 Å². The Labute approximate surface area is 136 Å². The topological polar surface area (TPSA) is 92.4 Å². The molecule has 0 radical (unpaired) electrons. The number of amides is 2. The van der Waals surface area contributed by atoms with Crippen molar-refractivity contribution in [2.45, 2.75) is 6.10 Å². The van der Waals surface area contributed by atoms with Gasteiger partial charge in [-0.15, -0.1) is 0 Å². The van der Waals surface area contributed by atoms with Gasteiger partial charge < -0.3 is 16.2 Å². The van der Waals surface area contributed by atoms with Gasteiger partial charge in [0.05, 0.1) is 11.3 Å². The molecule has 114 valence electrons. The largest absolute Gasteiger partial charge is 0.378 e. The second kappa shape index (κ2) is 6.79. The van der Waals surface area contributed by atoms with E-state index in [0.29, 0.717) is 10.0 Å². The number of rotatable bonds is 4. The molecule has 0 bridgehead atoms. The summed E-state index contributed by atoms with van der Waals surface area (Å²) in [6, 6.07) is 10.6. The highest BCUT2D eigenvalue weighted by atomic mass is 35.5. The molecular weight excluding hydrogens is 327 g/mol. The summed E-state index contributed by atoms with van der Waals surface area (Å²) in [5.41, 5.74) is 5.83. The van der Waals surface area contributed by atoms with Crippen molar-refractivity contribution in [2.24, 2.45) is 5.73 Å². The zero-order valence-corrected chi connectivity index (χ0v) is 12.7. The molecule has 2 aromatic rings. The van der Waals surface area contributed by atoms with Gasteiger partial charge in [0.25, 0.3) is 11.8 Å². The number of halogens is 2. The van der Waals surface area contributed by atoms with Gasteiger partial charge in [0, 0.05) is 10.0 Å². The molecule has 0 spiro atoms. The number of hydrogen-bond acceptors (Lipinski definition) is 3. The summed E-state index contributed by atoms with van der Waals surface area (Å²) < 4.78 is 0. The van der Waals surface area contributed by atoms with Crippen molar-refractivity contribution in [2.75, 3.05) is 5.32 Å². The first kappa shape index (κ1) is 16.3. The first-order valence-corrected chi connectivity index (χ1v) is 6.98. The van der Waals surface area contributed by atoms with E-state index in [-0.39, 0.29) is 16.8 Å². The van der Waals surface area contributed by atoms with Gasteiger partial charge in [0.2, 0.25) is 0 Å².